The molecule has 3 rings (SSSR count). The Balaban J connectivity index is 1.42. The summed E-state index contributed by atoms with van der Waals surface area (Å²) < 4.78 is 0. The highest BCUT2D eigenvalue weighted by molar-refractivity contribution is 5.96. The number of carbonyl (C=O) groups excluding carboxylic acids is 3. The third-order valence-electron chi connectivity index (χ3n) is 4.93. The highest BCUT2D eigenvalue weighted by Crippen LogP contribution is 2.12. The summed E-state index contributed by atoms with van der Waals surface area (Å²) in [7, 11) is 0. The summed E-state index contributed by atoms with van der Waals surface area (Å²) in [5, 5.41) is 5.70. The second kappa shape index (κ2) is 9.17. The molecule has 6 heteroatoms. The van der Waals surface area contributed by atoms with Crippen LogP contribution in [0.2, 0.25) is 0 Å². The Morgan fingerprint density at radius 1 is 0.893 bits per heavy atom. The van der Waals surface area contributed by atoms with Crippen LogP contribution in [0, 0.1) is 6.92 Å². The zero-order valence-electron chi connectivity index (χ0n) is 16.0. The average molecular weight is 379 g/mol. The maximum Gasteiger partial charge on any atom is 0.251 e. The van der Waals surface area contributed by atoms with Crippen molar-refractivity contribution in [1.29, 1.82) is 0 Å². The van der Waals surface area contributed by atoms with Crippen molar-refractivity contribution in [3.05, 3.63) is 71.3 Å². The van der Waals surface area contributed by atoms with Crippen LogP contribution in [-0.4, -0.2) is 48.3 Å². The van der Waals surface area contributed by atoms with E-state index in [0.29, 0.717) is 37.1 Å². The minimum Gasteiger partial charge on any atom is -0.349 e. The Bertz CT molecular complexity index is 826. The fourth-order valence-electron chi connectivity index (χ4n) is 3.21. The van der Waals surface area contributed by atoms with Crippen molar-refractivity contribution in [2.45, 2.75) is 25.8 Å². The van der Waals surface area contributed by atoms with Crippen molar-refractivity contribution in [2.24, 2.45) is 0 Å². The molecule has 0 spiro atoms. The monoisotopic (exact) mass is 379 g/mol. The molecule has 2 N–H and O–H groups in total. The predicted octanol–water partition coefficient (Wildman–Crippen LogP) is 2.15. The van der Waals surface area contributed by atoms with Gasteiger partial charge >= 0.3 is 0 Å². The van der Waals surface area contributed by atoms with Gasteiger partial charge in [-0.15, -0.1) is 0 Å². The molecule has 0 aromatic heterocycles. The van der Waals surface area contributed by atoms with E-state index in [0.717, 1.165) is 5.56 Å². The van der Waals surface area contributed by atoms with Gasteiger partial charge in [0.1, 0.15) is 0 Å². The molecule has 2 aromatic rings. The topological polar surface area (TPSA) is 78.5 Å². The number of rotatable bonds is 5. The first-order valence-electron chi connectivity index (χ1n) is 9.51. The minimum atomic E-state index is -0.255. The number of nitrogens with zero attached hydrogens (tertiary/aromatic N) is 1. The minimum absolute atomic E-state index is 0.0197. The highest BCUT2D eigenvalue weighted by atomic mass is 16.2. The van der Waals surface area contributed by atoms with Crippen LogP contribution >= 0.6 is 0 Å². The molecule has 3 amide bonds. The van der Waals surface area contributed by atoms with Crippen LogP contribution in [0.15, 0.2) is 54.6 Å². The van der Waals surface area contributed by atoms with E-state index in [9.17, 15) is 14.4 Å². The van der Waals surface area contributed by atoms with Gasteiger partial charge in [-0.25, -0.2) is 0 Å². The number of hydrogen-bond acceptors (Lipinski definition) is 3. The lowest BCUT2D eigenvalue weighted by Gasteiger charge is -2.32. The van der Waals surface area contributed by atoms with Crippen molar-refractivity contribution >= 4 is 17.7 Å². The maximum atomic E-state index is 12.3. The number of carbonyl (C=O) groups is 3. The number of piperidine rings is 1. The van der Waals surface area contributed by atoms with Crippen molar-refractivity contribution in [2.75, 3.05) is 19.6 Å². The molecule has 6 nitrogen and oxygen atoms in total. The number of nitrogens with one attached hydrogen (secondary N) is 2. The van der Waals surface area contributed by atoms with E-state index >= 15 is 0 Å². The number of aryl methyl sites for hydroxylation is 1. The van der Waals surface area contributed by atoms with E-state index < -0.39 is 0 Å². The SMILES string of the molecule is Cc1ccc(C(=O)NC2CCN(C(=O)CNC(=O)c3ccccc3)CC2)cc1. The molecule has 0 radical (unpaired) electrons. The fourth-order valence-corrected chi connectivity index (χ4v) is 3.21. The summed E-state index contributed by atoms with van der Waals surface area (Å²) in [4.78, 5) is 38.4. The molecule has 1 fully saturated rings. The first kappa shape index (κ1) is 19.6. The standard InChI is InChI=1S/C22H25N3O3/c1-16-7-9-18(10-8-16)22(28)24-19-11-13-25(14-12-19)20(26)15-23-21(27)17-5-3-2-4-6-17/h2-10,19H,11-15H2,1H3,(H,23,27)(H,24,28). The highest BCUT2D eigenvalue weighted by Gasteiger charge is 2.24. The van der Waals surface area contributed by atoms with Crippen LogP contribution in [0.4, 0.5) is 0 Å². The number of likely N-dealkylation sites (tertiary alicyclic amines) is 1. The average Bonchev–Trinajstić information content (AvgIpc) is 2.73. The molecule has 1 heterocycles. The second-order valence-corrected chi connectivity index (χ2v) is 7.04. The van der Waals surface area contributed by atoms with E-state index in [1.807, 2.05) is 37.3 Å². The van der Waals surface area contributed by atoms with Gasteiger partial charge in [-0.3, -0.25) is 14.4 Å². The van der Waals surface area contributed by atoms with Gasteiger partial charge in [0.05, 0.1) is 6.54 Å². The van der Waals surface area contributed by atoms with Crippen molar-refractivity contribution in [1.82, 2.24) is 15.5 Å². The van der Waals surface area contributed by atoms with Crippen molar-refractivity contribution < 1.29 is 14.4 Å². The molecule has 0 saturated carbocycles. The summed E-state index contributed by atoms with van der Waals surface area (Å²) in [6, 6.07) is 16.3. The van der Waals surface area contributed by atoms with E-state index in [2.05, 4.69) is 10.6 Å². The molecule has 0 atom stereocenters. The van der Waals surface area contributed by atoms with Crippen molar-refractivity contribution in [3.63, 3.8) is 0 Å². The van der Waals surface area contributed by atoms with E-state index in [-0.39, 0.29) is 30.3 Å². The van der Waals surface area contributed by atoms with E-state index in [1.54, 1.807) is 29.2 Å². The lowest BCUT2D eigenvalue weighted by molar-refractivity contribution is -0.131. The normalized spacial score (nSPS) is 14.4. The molecule has 0 bridgehead atoms. The van der Waals surface area contributed by atoms with Crippen LogP contribution in [0.3, 0.4) is 0 Å². The second-order valence-electron chi connectivity index (χ2n) is 7.04. The first-order valence-corrected chi connectivity index (χ1v) is 9.51. The maximum absolute atomic E-state index is 12.3. The molecule has 2 aromatic carbocycles. The molecule has 0 unspecified atom stereocenters. The van der Waals surface area contributed by atoms with Crippen LogP contribution in [0.1, 0.15) is 39.1 Å². The summed E-state index contributed by atoms with van der Waals surface area (Å²) in [5.74, 6) is -0.443. The van der Waals surface area contributed by atoms with Gasteiger partial charge < -0.3 is 15.5 Å². The fraction of sp³-hybridized carbons (Fsp3) is 0.318. The van der Waals surface area contributed by atoms with Crippen LogP contribution < -0.4 is 10.6 Å². The molecule has 1 aliphatic heterocycles. The van der Waals surface area contributed by atoms with Gasteiger partial charge in [-0.05, 0) is 44.0 Å². The lowest BCUT2D eigenvalue weighted by atomic mass is 10.0. The van der Waals surface area contributed by atoms with Crippen LogP contribution in [0.5, 0.6) is 0 Å². The molecule has 146 valence electrons. The lowest BCUT2D eigenvalue weighted by Crippen LogP contribution is -2.49. The Hall–Kier alpha value is -3.15. The van der Waals surface area contributed by atoms with Crippen LogP contribution in [0.25, 0.3) is 0 Å². The Morgan fingerprint density at radius 2 is 1.50 bits per heavy atom. The molecule has 0 aliphatic carbocycles. The molecule has 1 saturated heterocycles. The van der Waals surface area contributed by atoms with E-state index in [1.165, 1.54) is 0 Å². The Kier molecular flexibility index (Phi) is 6.42. The molecular formula is C22H25N3O3. The summed E-state index contributed by atoms with van der Waals surface area (Å²) >= 11 is 0. The van der Waals surface area contributed by atoms with Gasteiger partial charge in [-0.2, -0.15) is 0 Å². The number of hydrogen-bond donors (Lipinski definition) is 2. The van der Waals surface area contributed by atoms with Gasteiger partial charge in [-0.1, -0.05) is 35.9 Å². The zero-order chi connectivity index (χ0) is 19.9. The Morgan fingerprint density at radius 3 is 2.14 bits per heavy atom. The summed E-state index contributed by atoms with van der Waals surface area (Å²) in [6.07, 6.45) is 1.41. The molecule has 1 aliphatic rings. The number of benzene rings is 2. The van der Waals surface area contributed by atoms with Crippen molar-refractivity contribution in [3.8, 4) is 0 Å². The van der Waals surface area contributed by atoms with Crippen LogP contribution in [-0.2, 0) is 4.79 Å². The summed E-state index contributed by atoms with van der Waals surface area (Å²) in [6.45, 7) is 3.10. The smallest absolute Gasteiger partial charge is 0.251 e. The third kappa shape index (κ3) is 5.19. The molecule has 28 heavy (non-hydrogen) atoms. The number of amides is 3. The predicted molar refractivity (Wildman–Crippen MR) is 107 cm³/mol. The Labute approximate surface area is 164 Å². The van der Waals surface area contributed by atoms with Gasteiger partial charge in [0.15, 0.2) is 0 Å². The quantitative estimate of drug-likeness (QED) is 0.836. The summed E-state index contributed by atoms with van der Waals surface area (Å²) in [5.41, 5.74) is 2.29. The van der Waals surface area contributed by atoms with E-state index in [4.69, 9.17) is 0 Å². The first-order chi connectivity index (χ1) is 13.5. The largest absolute Gasteiger partial charge is 0.349 e. The third-order valence-corrected chi connectivity index (χ3v) is 4.93. The molecular weight excluding hydrogens is 354 g/mol. The van der Waals surface area contributed by atoms with Gasteiger partial charge in [0.2, 0.25) is 5.91 Å². The zero-order valence-corrected chi connectivity index (χ0v) is 16.0. The van der Waals surface area contributed by atoms with Gasteiger partial charge in [0, 0.05) is 30.3 Å². The van der Waals surface area contributed by atoms with Gasteiger partial charge in [0.25, 0.3) is 11.8 Å².